The lowest BCUT2D eigenvalue weighted by atomic mass is 9.73. The van der Waals surface area contributed by atoms with E-state index in [4.69, 9.17) is 15.2 Å². The zero-order valence-electron chi connectivity index (χ0n) is 15.9. The van der Waals surface area contributed by atoms with E-state index in [2.05, 4.69) is 6.07 Å². The number of methoxy groups -OCH3 is 1. The van der Waals surface area contributed by atoms with E-state index in [1.807, 2.05) is 30.3 Å². The molecule has 6 nitrogen and oxygen atoms in total. The number of allylic oxidation sites excluding steroid dienone is 3. The number of hydrogen-bond acceptors (Lipinski definition) is 6. The fourth-order valence-corrected chi connectivity index (χ4v) is 4.08. The molecule has 146 valence electrons. The van der Waals surface area contributed by atoms with Crippen molar-refractivity contribution in [2.75, 3.05) is 7.11 Å². The Morgan fingerprint density at radius 3 is 2.62 bits per heavy atom. The van der Waals surface area contributed by atoms with Crippen LogP contribution in [0.25, 0.3) is 0 Å². The maximum absolute atomic E-state index is 13.2. The summed E-state index contributed by atoms with van der Waals surface area (Å²) in [4.78, 5) is 13.2. The lowest BCUT2D eigenvalue weighted by Gasteiger charge is -2.34. The van der Waals surface area contributed by atoms with Gasteiger partial charge in [0.05, 0.1) is 13.0 Å². The van der Waals surface area contributed by atoms with Crippen LogP contribution in [-0.2, 0) is 9.53 Å². The molecule has 0 saturated heterocycles. The summed E-state index contributed by atoms with van der Waals surface area (Å²) in [5.74, 6) is 0.0201. The first-order chi connectivity index (χ1) is 14.0. The van der Waals surface area contributed by atoms with E-state index in [-0.39, 0.29) is 34.7 Å². The molecule has 0 unspecified atom stereocenters. The van der Waals surface area contributed by atoms with Gasteiger partial charge in [-0.25, -0.2) is 0 Å². The zero-order valence-corrected chi connectivity index (χ0v) is 15.9. The van der Waals surface area contributed by atoms with Crippen LogP contribution in [0.5, 0.6) is 11.5 Å². The van der Waals surface area contributed by atoms with Gasteiger partial charge in [0.15, 0.2) is 17.3 Å². The predicted octanol–water partition coefficient (Wildman–Crippen LogP) is 3.61. The SMILES string of the molecule is COc1cc([C@@H]2C(C#N)=C(N)OC3=C2C(=O)C[C@H](c2ccccc2)C3)ccc1O. The molecule has 0 spiro atoms. The smallest absolute Gasteiger partial charge is 0.205 e. The molecular weight excluding hydrogens is 368 g/mol. The Morgan fingerprint density at radius 1 is 1.17 bits per heavy atom. The number of nitrogens with two attached hydrogens (primary N) is 1. The summed E-state index contributed by atoms with van der Waals surface area (Å²) in [5, 5.41) is 19.6. The molecule has 1 aliphatic carbocycles. The zero-order chi connectivity index (χ0) is 20.5. The summed E-state index contributed by atoms with van der Waals surface area (Å²) in [6.45, 7) is 0. The number of ether oxygens (including phenoxy) is 2. The molecule has 2 aromatic carbocycles. The van der Waals surface area contributed by atoms with Crippen molar-refractivity contribution in [2.45, 2.75) is 24.7 Å². The largest absolute Gasteiger partial charge is 0.504 e. The quantitative estimate of drug-likeness (QED) is 0.832. The summed E-state index contributed by atoms with van der Waals surface area (Å²) in [5.41, 5.74) is 8.40. The number of nitrogens with zero attached hydrogens (tertiary/aromatic N) is 1. The van der Waals surface area contributed by atoms with E-state index in [0.29, 0.717) is 29.7 Å². The molecule has 29 heavy (non-hydrogen) atoms. The molecular formula is C23H20N2O4. The predicted molar refractivity (Wildman–Crippen MR) is 106 cm³/mol. The first kappa shape index (κ1) is 18.6. The monoisotopic (exact) mass is 388 g/mol. The number of hydrogen-bond donors (Lipinski definition) is 2. The summed E-state index contributed by atoms with van der Waals surface area (Å²) in [6, 6.07) is 16.7. The van der Waals surface area contributed by atoms with Crippen LogP contribution in [0.4, 0.5) is 0 Å². The van der Waals surface area contributed by atoms with Gasteiger partial charge in [0.25, 0.3) is 0 Å². The number of phenols is 1. The van der Waals surface area contributed by atoms with Gasteiger partial charge in [-0.05, 0) is 29.2 Å². The summed E-state index contributed by atoms with van der Waals surface area (Å²) in [7, 11) is 1.44. The van der Waals surface area contributed by atoms with E-state index in [1.54, 1.807) is 12.1 Å². The third kappa shape index (κ3) is 3.21. The van der Waals surface area contributed by atoms with E-state index >= 15 is 0 Å². The highest BCUT2D eigenvalue weighted by molar-refractivity contribution is 6.00. The minimum atomic E-state index is -0.650. The van der Waals surface area contributed by atoms with Gasteiger partial charge < -0.3 is 20.3 Å². The molecule has 0 aromatic heterocycles. The molecule has 3 N–H and O–H groups in total. The van der Waals surface area contributed by atoms with Crippen LogP contribution in [-0.4, -0.2) is 18.0 Å². The van der Waals surface area contributed by atoms with Gasteiger partial charge in [-0.15, -0.1) is 0 Å². The Labute approximate surface area is 168 Å². The first-order valence-corrected chi connectivity index (χ1v) is 9.29. The molecule has 1 aliphatic heterocycles. The highest BCUT2D eigenvalue weighted by Crippen LogP contribution is 2.47. The highest BCUT2D eigenvalue weighted by atomic mass is 16.5. The number of nitriles is 1. The van der Waals surface area contributed by atoms with Gasteiger partial charge in [0, 0.05) is 18.4 Å². The van der Waals surface area contributed by atoms with Gasteiger partial charge in [0.2, 0.25) is 5.88 Å². The highest BCUT2D eigenvalue weighted by Gasteiger charge is 2.41. The second-order valence-corrected chi connectivity index (χ2v) is 7.13. The Kier molecular flexibility index (Phi) is 4.73. The van der Waals surface area contributed by atoms with Crippen LogP contribution in [0.3, 0.4) is 0 Å². The fraction of sp³-hybridized carbons (Fsp3) is 0.217. The summed E-state index contributed by atoms with van der Waals surface area (Å²) >= 11 is 0. The average Bonchev–Trinajstić information content (AvgIpc) is 2.73. The summed E-state index contributed by atoms with van der Waals surface area (Å²) in [6.07, 6.45) is 0.854. The third-order valence-electron chi connectivity index (χ3n) is 5.47. The maximum atomic E-state index is 13.2. The van der Waals surface area contributed by atoms with E-state index in [9.17, 15) is 15.2 Å². The van der Waals surface area contributed by atoms with Crippen molar-refractivity contribution in [3.05, 3.63) is 82.4 Å². The van der Waals surface area contributed by atoms with Crippen LogP contribution in [0, 0.1) is 11.3 Å². The number of carbonyl (C=O) groups is 1. The number of Topliss-reactive ketones (excluding diaryl/α,β-unsaturated/α-hetero) is 1. The average molecular weight is 388 g/mol. The third-order valence-corrected chi connectivity index (χ3v) is 5.47. The Bertz CT molecular complexity index is 1080. The van der Waals surface area contributed by atoms with Crippen molar-refractivity contribution in [1.29, 1.82) is 5.26 Å². The minimum Gasteiger partial charge on any atom is -0.504 e. The van der Waals surface area contributed by atoms with Crippen molar-refractivity contribution < 1.29 is 19.4 Å². The van der Waals surface area contributed by atoms with Gasteiger partial charge in [-0.1, -0.05) is 36.4 Å². The standard InChI is InChI=1S/C23H20N2O4/c1-28-19-10-14(7-8-17(19)26)21-16(12-24)23(25)29-20-11-15(9-18(27)22(20)21)13-5-3-2-4-6-13/h2-8,10,15,21,26H,9,11,25H2,1H3/t15-,21+/m0/s1. The lowest BCUT2D eigenvalue weighted by Crippen LogP contribution is -2.29. The molecule has 2 atom stereocenters. The molecule has 0 fully saturated rings. The molecule has 4 rings (SSSR count). The molecule has 0 saturated carbocycles. The fourth-order valence-electron chi connectivity index (χ4n) is 4.08. The van der Waals surface area contributed by atoms with Gasteiger partial charge in [-0.2, -0.15) is 5.26 Å². The molecule has 1 heterocycles. The Balaban J connectivity index is 1.81. The van der Waals surface area contributed by atoms with Crippen molar-refractivity contribution in [3.8, 4) is 17.6 Å². The molecule has 0 radical (unpaired) electrons. The van der Waals surface area contributed by atoms with Crippen molar-refractivity contribution in [1.82, 2.24) is 0 Å². The normalized spacial score (nSPS) is 21.3. The number of ketones is 1. The van der Waals surface area contributed by atoms with Gasteiger partial charge >= 0.3 is 0 Å². The number of benzene rings is 2. The minimum absolute atomic E-state index is 0.00445. The first-order valence-electron chi connectivity index (χ1n) is 9.29. The van der Waals surface area contributed by atoms with Crippen LogP contribution in [0.1, 0.15) is 35.8 Å². The van der Waals surface area contributed by atoms with E-state index < -0.39 is 5.92 Å². The molecule has 2 aliphatic rings. The van der Waals surface area contributed by atoms with Crippen molar-refractivity contribution in [3.63, 3.8) is 0 Å². The Morgan fingerprint density at radius 2 is 1.93 bits per heavy atom. The van der Waals surface area contributed by atoms with E-state index in [0.717, 1.165) is 5.56 Å². The van der Waals surface area contributed by atoms with Gasteiger partial charge in [-0.3, -0.25) is 4.79 Å². The maximum Gasteiger partial charge on any atom is 0.205 e. The molecule has 0 bridgehead atoms. The molecule has 0 amide bonds. The van der Waals surface area contributed by atoms with Gasteiger partial charge in [0.1, 0.15) is 17.4 Å². The van der Waals surface area contributed by atoms with Crippen molar-refractivity contribution in [2.24, 2.45) is 5.73 Å². The number of aromatic hydroxyl groups is 1. The second-order valence-electron chi connectivity index (χ2n) is 7.13. The molecule has 6 heteroatoms. The molecule has 2 aromatic rings. The number of carbonyl (C=O) groups excluding carboxylic acids is 1. The second kappa shape index (κ2) is 7.36. The van der Waals surface area contributed by atoms with Crippen molar-refractivity contribution >= 4 is 5.78 Å². The van der Waals surface area contributed by atoms with Crippen LogP contribution >= 0.6 is 0 Å². The Hall–Kier alpha value is -3.72. The summed E-state index contributed by atoms with van der Waals surface area (Å²) < 4.78 is 11.0. The van der Waals surface area contributed by atoms with E-state index in [1.165, 1.54) is 13.2 Å². The lowest BCUT2D eigenvalue weighted by molar-refractivity contribution is -0.117. The van der Waals surface area contributed by atoms with Crippen LogP contribution < -0.4 is 10.5 Å². The van der Waals surface area contributed by atoms with Crippen LogP contribution in [0.2, 0.25) is 0 Å². The van der Waals surface area contributed by atoms with Crippen LogP contribution in [0.15, 0.2) is 71.3 Å². The topological polar surface area (TPSA) is 106 Å². The number of rotatable bonds is 3. The number of phenolic OH excluding ortho intramolecular Hbond substituents is 1.